The van der Waals surface area contributed by atoms with Gasteiger partial charge in [0.05, 0.1) is 17.7 Å². The van der Waals surface area contributed by atoms with Crippen molar-refractivity contribution in [2.75, 3.05) is 6.61 Å². The van der Waals surface area contributed by atoms with Crippen molar-refractivity contribution >= 4 is 23.0 Å². The monoisotopic (exact) mass is 477 g/mol. The van der Waals surface area contributed by atoms with Gasteiger partial charge in [-0.2, -0.15) is 0 Å². The highest BCUT2D eigenvalue weighted by Crippen LogP contribution is 2.37. The van der Waals surface area contributed by atoms with E-state index in [1.807, 2.05) is 26.0 Å². The van der Waals surface area contributed by atoms with Gasteiger partial charge >= 0.3 is 6.09 Å². The lowest BCUT2D eigenvalue weighted by Crippen LogP contribution is -2.43. The second kappa shape index (κ2) is 9.56. The number of nitrogens with one attached hydrogen (secondary N) is 3. The number of aromatic nitrogens is 3. The summed E-state index contributed by atoms with van der Waals surface area (Å²) in [5.74, 6) is 1.24. The van der Waals surface area contributed by atoms with Crippen molar-refractivity contribution in [3.05, 3.63) is 41.3 Å². The fraction of sp³-hybridized carbons (Fsp3) is 0.462. The summed E-state index contributed by atoms with van der Waals surface area (Å²) in [4.78, 5) is 36.6. The quantitative estimate of drug-likeness (QED) is 0.401. The van der Waals surface area contributed by atoms with Crippen LogP contribution < -0.4 is 15.4 Å². The SMILES string of the molecule is Cc1ccc(OCC2CC2)c(-c2ncnc3c(C(=O)N[C@H]4CC[C@H](NC(=O)O)CC4)c(C)[nH]c23)c1. The Morgan fingerprint density at radius 3 is 2.46 bits per heavy atom. The minimum absolute atomic E-state index is 0.000739. The molecule has 0 atom stereocenters. The molecule has 3 aromatic rings. The van der Waals surface area contributed by atoms with E-state index >= 15 is 0 Å². The number of carbonyl (C=O) groups is 2. The molecule has 2 aliphatic carbocycles. The molecule has 2 saturated carbocycles. The van der Waals surface area contributed by atoms with E-state index in [0.29, 0.717) is 47.7 Å². The van der Waals surface area contributed by atoms with E-state index in [1.165, 1.54) is 19.2 Å². The third kappa shape index (κ3) is 5.08. The lowest BCUT2D eigenvalue weighted by Gasteiger charge is -2.28. The molecule has 2 heterocycles. The lowest BCUT2D eigenvalue weighted by molar-refractivity contribution is 0.0924. The molecule has 2 fully saturated rings. The van der Waals surface area contributed by atoms with Gasteiger partial charge in [0.15, 0.2) is 0 Å². The summed E-state index contributed by atoms with van der Waals surface area (Å²) >= 11 is 0. The van der Waals surface area contributed by atoms with Crippen LogP contribution in [0.2, 0.25) is 0 Å². The third-order valence-electron chi connectivity index (χ3n) is 6.95. The Morgan fingerprint density at radius 1 is 1.06 bits per heavy atom. The van der Waals surface area contributed by atoms with Gasteiger partial charge < -0.3 is 25.5 Å². The topological polar surface area (TPSA) is 129 Å². The van der Waals surface area contributed by atoms with Crippen LogP contribution in [-0.4, -0.2) is 50.7 Å². The number of hydrogen-bond donors (Lipinski definition) is 4. The van der Waals surface area contributed by atoms with E-state index in [0.717, 1.165) is 35.4 Å². The normalized spacial score (nSPS) is 19.9. The molecule has 35 heavy (non-hydrogen) atoms. The van der Waals surface area contributed by atoms with Gasteiger partial charge in [-0.25, -0.2) is 14.8 Å². The number of ether oxygens (including phenoxy) is 1. The van der Waals surface area contributed by atoms with Crippen LogP contribution in [-0.2, 0) is 0 Å². The number of H-pyrrole nitrogens is 1. The van der Waals surface area contributed by atoms with Crippen molar-refractivity contribution < 1.29 is 19.4 Å². The summed E-state index contributed by atoms with van der Waals surface area (Å²) in [7, 11) is 0. The highest BCUT2D eigenvalue weighted by atomic mass is 16.5. The predicted octanol–water partition coefficient (Wildman–Crippen LogP) is 4.34. The minimum atomic E-state index is -1.00. The molecule has 9 heteroatoms. The molecule has 2 aromatic heterocycles. The molecule has 0 radical (unpaired) electrons. The molecule has 0 saturated heterocycles. The van der Waals surface area contributed by atoms with Crippen molar-refractivity contribution in [1.82, 2.24) is 25.6 Å². The molecule has 0 bridgehead atoms. The third-order valence-corrected chi connectivity index (χ3v) is 6.95. The Hall–Kier alpha value is -3.62. The van der Waals surface area contributed by atoms with E-state index in [4.69, 9.17) is 9.84 Å². The molecule has 1 aromatic carbocycles. The highest BCUT2D eigenvalue weighted by molar-refractivity contribution is 6.09. The number of fused-ring (bicyclic) bond motifs is 1. The standard InChI is InChI=1S/C26H31N5O4/c1-14-3-10-20(35-12-16-4-5-16)19(11-14)22-24-23(28-13-27-22)21(15(2)29-24)25(32)30-17-6-8-18(9-7-17)31-26(33)34/h3,10-11,13,16-18,29,31H,4-9,12H2,1-2H3,(H,30,32)(H,33,34)/t17-,18-. The van der Waals surface area contributed by atoms with Gasteiger partial charge in [0.2, 0.25) is 0 Å². The van der Waals surface area contributed by atoms with Crippen molar-refractivity contribution in [1.29, 1.82) is 0 Å². The number of benzene rings is 1. The molecule has 184 valence electrons. The first-order valence-corrected chi connectivity index (χ1v) is 12.3. The smallest absolute Gasteiger partial charge is 0.404 e. The van der Waals surface area contributed by atoms with Crippen LogP contribution in [0, 0.1) is 19.8 Å². The molecule has 2 amide bonds. The number of aryl methyl sites for hydroxylation is 2. The highest BCUT2D eigenvalue weighted by Gasteiger charge is 2.27. The summed E-state index contributed by atoms with van der Waals surface area (Å²) in [6, 6.07) is 6.02. The van der Waals surface area contributed by atoms with Crippen LogP contribution in [0.25, 0.3) is 22.3 Å². The summed E-state index contributed by atoms with van der Waals surface area (Å²) in [5.41, 5.74) is 5.24. The number of rotatable bonds is 7. The lowest BCUT2D eigenvalue weighted by atomic mass is 9.91. The Kier molecular flexibility index (Phi) is 6.32. The predicted molar refractivity (Wildman–Crippen MR) is 132 cm³/mol. The van der Waals surface area contributed by atoms with E-state index in [1.54, 1.807) is 0 Å². The summed E-state index contributed by atoms with van der Waals surface area (Å²) in [5, 5.41) is 14.6. The number of carboxylic acid groups (broad SMARTS) is 1. The molecular formula is C26H31N5O4. The Labute approximate surface area is 203 Å². The zero-order chi connectivity index (χ0) is 24.5. The molecular weight excluding hydrogens is 446 g/mol. The first-order chi connectivity index (χ1) is 16.9. The van der Waals surface area contributed by atoms with Gasteiger partial charge in [-0.05, 0) is 70.4 Å². The number of aromatic amines is 1. The Bertz CT molecular complexity index is 1260. The largest absolute Gasteiger partial charge is 0.493 e. The van der Waals surface area contributed by atoms with Crippen molar-refractivity contribution in [2.45, 2.75) is 64.5 Å². The zero-order valence-electron chi connectivity index (χ0n) is 20.1. The van der Waals surface area contributed by atoms with Crippen LogP contribution in [0.5, 0.6) is 5.75 Å². The molecule has 5 rings (SSSR count). The minimum Gasteiger partial charge on any atom is -0.493 e. The average molecular weight is 478 g/mol. The molecule has 2 aliphatic rings. The van der Waals surface area contributed by atoms with Crippen LogP contribution in [0.4, 0.5) is 4.79 Å². The summed E-state index contributed by atoms with van der Waals surface area (Å²) in [6.07, 6.45) is 5.78. The van der Waals surface area contributed by atoms with E-state index in [-0.39, 0.29) is 18.0 Å². The van der Waals surface area contributed by atoms with E-state index < -0.39 is 6.09 Å². The van der Waals surface area contributed by atoms with E-state index in [2.05, 4.69) is 31.7 Å². The van der Waals surface area contributed by atoms with Crippen molar-refractivity contribution in [3.8, 4) is 17.0 Å². The molecule has 4 N–H and O–H groups in total. The van der Waals surface area contributed by atoms with Gasteiger partial charge in [-0.1, -0.05) is 11.6 Å². The summed E-state index contributed by atoms with van der Waals surface area (Å²) < 4.78 is 6.14. The van der Waals surface area contributed by atoms with Gasteiger partial charge in [0.1, 0.15) is 23.3 Å². The maximum atomic E-state index is 13.3. The second-order valence-electron chi connectivity index (χ2n) is 9.80. The maximum absolute atomic E-state index is 13.3. The number of nitrogens with zero attached hydrogens (tertiary/aromatic N) is 2. The van der Waals surface area contributed by atoms with Crippen LogP contribution in [0.15, 0.2) is 24.5 Å². The van der Waals surface area contributed by atoms with Crippen LogP contribution in [0.3, 0.4) is 0 Å². The van der Waals surface area contributed by atoms with Gasteiger partial charge in [0.25, 0.3) is 5.91 Å². The maximum Gasteiger partial charge on any atom is 0.404 e. The van der Waals surface area contributed by atoms with Crippen LogP contribution in [0.1, 0.15) is 60.1 Å². The molecule has 0 aliphatic heterocycles. The van der Waals surface area contributed by atoms with Crippen molar-refractivity contribution in [3.63, 3.8) is 0 Å². The van der Waals surface area contributed by atoms with Gasteiger partial charge in [0, 0.05) is 23.3 Å². The second-order valence-corrected chi connectivity index (χ2v) is 9.80. The average Bonchev–Trinajstić information content (AvgIpc) is 3.58. The van der Waals surface area contributed by atoms with Gasteiger partial charge in [-0.15, -0.1) is 0 Å². The van der Waals surface area contributed by atoms with Crippen LogP contribution >= 0.6 is 0 Å². The van der Waals surface area contributed by atoms with Gasteiger partial charge in [-0.3, -0.25) is 4.79 Å². The van der Waals surface area contributed by atoms with E-state index in [9.17, 15) is 9.59 Å². The first kappa shape index (κ1) is 23.1. The molecule has 0 unspecified atom stereocenters. The Balaban J connectivity index is 1.40. The fourth-order valence-electron chi connectivity index (χ4n) is 4.86. The Morgan fingerprint density at radius 2 is 1.77 bits per heavy atom. The number of hydrogen-bond acceptors (Lipinski definition) is 5. The molecule has 9 nitrogen and oxygen atoms in total. The fourth-order valence-corrected chi connectivity index (χ4v) is 4.86. The number of carbonyl (C=O) groups excluding carboxylic acids is 1. The summed E-state index contributed by atoms with van der Waals surface area (Å²) in [6.45, 7) is 4.60. The van der Waals surface area contributed by atoms with Crippen molar-refractivity contribution in [2.24, 2.45) is 5.92 Å². The zero-order valence-corrected chi connectivity index (χ0v) is 20.1. The molecule has 0 spiro atoms. The first-order valence-electron chi connectivity index (χ1n) is 12.3. The number of amides is 2.